The zero-order chi connectivity index (χ0) is 44.6. The predicted octanol–water partition coefficient (Wildman–Crippen LogP) is 5.88. The smallest absolute Gasteiger partial charge is 0.258 e. The van der Waals surface area contributed by atoms with E-state index < -0.39 is 5.91 Å². The third-order valence-corrected chi connectivity index (χ3v) is 13.2. The second-order valence-electron chi connectivity index (χ2n) is 16.4. The van der Waals surface area contributed by atoms with E-state index in [2.05, 4.69) is 70.3 Å². The van der Waals surface area contributed by atoms with Crippen molar-refractivity contribution in [2.24, 2.45) is 7.05 Å². The minimum absolute atomic E-state index is 0.125. The van der Waals surface area contributed by atoms with Crippen LogP contribution in [-0.4, -0.2) is 119 Å². The van der Waals surface area contributed by atoms with E-state index in [1.54, 1.807) is 18.6 Å². The Hall–Kier alpha value is -7.15. The Morgan fingerprint density at radius 3 is 2.60 bits per heavy atom. The van der Waals surface area contributed by atoms with Crippen molar-refractivity contribution in [1.82, 2.24) is 59.5 Å². The van der Waals surface area contributed by atoms with Crippen LogP contribution in [0.2, 0.25) is 0 Å². The highest BCUT2D eigenvalue weighted by atomic mass is 32.1. The third-order valence-electron chi connectivity index (χ3n) is 12.0. The van der Waals surface area contributed by atoms with E-state index in [0.717, 1.165) is 100 Å². The molecule has 2 saturated heterocycles. The number of nitrogens with one attached hydrogen (secondary N) is 2. The van der Waals surface area contributed by atoms with E-state index in [1.165, 1.54) is 11.3 Å². The molecule has 8 aromatic heterocycles. The van der Waals surface area contributed by atoms with Crippen molar-refractivity contribution in [1.29, 1.82) is 0 Å². The lowest BCUT2D eigenvalue weighted by molar-refractivity contribution is 0.0951. The van der Waals surface area contributed by atoms with E-state index in [9.17, 15) is 9.59 Å². The third kappa shape index (κ3) is 8.15. The van der Waals surface area contributed by atoms with Crippen molar-refractivity contribution in [3.63, 3.8) is 0 Å². The highest BCUT2D eigenvalue weighted by Crippen LogP contribution is 2.36. The maximum Gasteiger partial charge on any atom is 0.258 e. The molecule has 0 radical (unpaired) electrons. The normalized spacial score (nSPS) is 16.0. The molecule has 11 rings (SSSR count). The molecule has 18 heteroatoms. The number of aromatic nitrogens is 10. The summed E-state index contributed by atoms with van der Waals surface area (Å²) in [7, 11) is 4.09. The number of H-pyrrole nitrogens is 1. The van der Waals surface area contributed by atoms with Crippen LogP contribution in [0.5, 0.6) is 0 Å². The summed E-state index contributed by atoms with van der Waals surface area (Å²) in [5, 5.41) is 15.8. The molecule has 0 saturated carbocycles. The number of thiazole rings is 1. The fourth-order valence-corrected chi connectivity index (χ4v) is 9.77. The lowest BCUT2D eigenvalue weighted by Crippen LogP contribution is -2.44. The molecule has 10 heterocycles. The average molecular weight is 889 g/mol. The number of ether oxygens (including phenoxy) is 1. The van der Waals surface area contributed by atoms with Gasteiger partial charge in [-0.3, -0.25) is 38.7 Å². The molecular weight excluding hydrogens is 841 g/mol. The lowest BCUT2D eigenvalue weighted by atomic mass is 10.0. The second kappa shape index (κ2) is 17.8. The first-order valence-corrected chi connectivity index (χ1v) is 22.5. The molecule has 0 bridgehead atoms. The molecule has 0 aliphatic carbocycles. The molecule has 2 aliphatic heterocycles. The van der Waals surface area contributed by atoms with Crippen LogP contribution in [0.25, 0.3) is 59.6 Å². The molecule has 1 amide bonds. The van der Waals surface area contributed by atoms with Crippen molar-refractivity contribution in [2.75, 3.05) is 62.8 Å². The topological polar surface area (TPSA) is 180 Å². The van der Waals surface area contributed by atoms with Gasteiger partial charge in [-0.05, 0) is 82.4 Å². The fourth-order valence-electron chi connectivity index (χ4n) is 8.59. The maximum atomic E-state index is 13.7. The van der Waals surface area contributed by atoms with Crippen molar-refractivity contribution in [3.8, 4) is 22.6 Å². The Labute approximate surface area is 377 Å². The number of carbonyl (C=O) groups excluding carboxylic acids is 1. The van der Waals surface area contributed by atoms with Crippen LogP contribution < -0.4 is 20.5 Å². The van der Waals surface area contributed by atoms with E-state index in [4.69, 9.17) is 14.7 Å². The number of carbonyl (C=O) groups is 1. The zero-order valence-electron chi connectivity index (χ0n) is 36.6. The van der Waals surface area contributed by atoms with Gasteiger partial charge < -0.3 is 24.8 Å². The average Bonchev–Trinajstić information content (AvgIpc) is 4.07. The van der Waals surface area contributed by atoms with Gasteiger partial charge in [0.1, 0.15) is 33.2 Å². The zero-order valence-corrected chi connectivity index (χ0v) is 37.4. The quantitative estimate of drug-likeness (QED) is 0.194. The SMILES string of the molecule is CC1COCCN1c1cc(-c2ccnn2C)c2ccnc(-c3ccn[nH]3)c2n1.Cc1cnc(CNC(=O)c2c(=O)c3ccc(N4CCCN(C)CC4)nc3n3c2sc2ccccc23)cn1. The van der Waals surface area contributed by atoms with Crippen molar-refractivity contribution in [3.05, 3.63) is 119 Å². The molecular formula is C47H48N14O3S. The summed E-state index contributed by atoms with van der Waals surface area (Å²) >= 11 is 1.43. The number of benzene rings is 1. The first-order valence-electron chi connectivity index (χ1n) is 21.7. The Balaban J connectivity index is 0.000000159. The molecule has 1 atom stereocenters. The number of anilines is 2. The van der Waals surface area contributed by atoms with Crippen LogP contribution in [-0.2, 0) is 18.3 Å². The lowest BCUT2D eigenvalue weighted by Gasteiger charge is -2.34. The minimum atomic E-state index is -0.432. The number of fused-ring (bicyclic) bond motifs is 6. The number of hydrogen-bond donors (Lipinski definition) is 2. The van der Waals surface area contributed by atoms with Crippen LogP contribution in [0.15, 0.2) is 96.4 Å². The number of nitrogens with zero attached hydrogens (tertiary/aromatic N) is 12. The number of morpholine rings is 1. The maximum absolute atomic E-state index is 13.7. The predicted molar refractivity (Wildman–Crippen MR) is 254 cm³/mol. The van der Waals surface area contributed by atoms with Crippen LogP contribution in [0.3, 0.4) is 0 Å². The number of amides is 1. The molecule has 2 aliphatic rings. The number of rotatable bonds is 7. The monoisotopic (exact) mass is 888 g/mol. The number of pyridine rings is 4. The minimum Gasteiger partial charge on any atom is -0.377 e. The van der Waals surface area contributed by atoms with Gasteiger partial charge in [0.25, 0.3) is 5.91 Å². The molecule has 17 nitrogen and oxygen atoms in total. The summed E-state index contributed by atoms with van der Waals surface area (Å²) < 4.78 is 10.4. The highest BCUT2D eigenvalue weighted by Gasteiger charge is 2.26. The van der Waals surface area contributed by atoms with E-state index in [0.29, 0.717) is 34.8 Å². The number of likely N-dealkylation sites (N-methyl/N-ethyl adjacent to an activating group) is 1. The summed E-state index contributed by atoms with van der Waals surface area (Å²) in [4.78, 5) is 57.8. The Morgan fingerprint density at radius 1 is 0.908 bits per heavy atom. The number of aryl methyl sites for hydroxylation is 2. The molecule has 65 heavy (non-hydrogen) atoms. The van der Waals surface area contributed by atoms with Gasteiger partial charge in [0.15, 0.2) is 5.65 Å². The van der Waals surface area contributed by atoms with Gasteiger partial charge in [0.2, 0.25) is 5.43 Å². The van der Waals surface area contributed by atoms with Crippen LogP contribution in [0.1, 0.15) is 35.1 Å². The first kappa shape index (κ1) is 41.8. The Kier molecular flexibility index (Phi) is 11.4. The summed E-state index contributed by atoms with van der Waals surface area (Å²) in [6.45, 7) is 10.2. The molecule has 1 aromatic carbocycles. The van der Waals surface area contributed by atoms with Gasteiger partial charge in [-0.1, -0.05) is 12.1 Å². The highest BCUT2D eigenvalue weighted by molar-refractivity contribution is 7.24. The van der Waals surface area contributed by atoms with Gasteiger partial charge in [0.05, 0.1) is 70.4 Å². The Bertz CT molecular complexity index is 3240. The van der Waals surface area contributed by atoms with Gasteiger partial charge in [-0.15, -0.1) is 11.3 Å². The molecule has 9 aromatic rings. The van der Waals surface area contributed by atoms with E-state index in [-0.39, 0.29) is 23.6 Å². The molecule has 2 fully saturated rings. The van der Waals surface area contributed by atoms with Crippen molar-refractivity contribution < 1.29 is 9.53 Å². The van der Waals surface area contributed by atoms with Crippen molar-refractivity contribution >= 4 is 65.9 Å². The largest absolute Gasteiger partial charge is 0.377 e. The number of para-hydroxylation sites is 1. The van der Waals surface area contributed by atoms with Crippen molar-refractivity contribution in [2.45, 2.75) is 32.9 Å². The second-order valence-corrected chi connectivity index (χ2v) is 17.5. The molecule has 0 spiro atoms. The van der Waals surface area contributed by atoms with Crippen LogP contribution >= 0.6 is 11.3 Å². The molecule has 1 unspecified atom stereocenters. The summed E-state index contributed by atoms with van der Waals surface area (Å²) in [5.41, 5.74) is 7.35. The summed E-state index contributed by atoms with van der Waals surface area (Å²) in [6.07, 6.45) is 9.70. The van der Waals surface area contributed by atoms with Gasteiger partial charge in [0, 0.05) is 69.0 Å². The number of hydrogen-bond acceptors (Lipinski definition) is 14. The van der Waals surface area contributed by atoms with Crippen LogP contribution in [0, 0.1) is 6.92 Å². The van der Waals surface area contributed by atoms with Gasteiger partial charge in [-0.25, -0.2) is 9.97 Å². The van der Waals surface area contributed by atoms with Gasteiger partial charge >= 0.3 is 0 Å². The van der Waals surface area contributed by atoms with E-state index >= 15 is 0 Å². The standard InChI is InChI=1S/C27H27N7O2S.C20H21N7O/c1-17-14-29-18(15-28-17)16-30-26(36)23-24(35)19-8-9-22(33-11-5-10-32(2)12-13-33)31-25(19)34-20-6-3-4-7-21(20)37-27(23)34;1-13-12-28-10-9-27(13)18-11-15(17-5-8-23-26(17)2)14-3-6-21-20(19(14)24-18)16-4-7-22-25-16/h3-4,6-9,14-15H,5,10-13,16H2,1-2H3,(H,30,36);3-8,11,13H,9-10,12H2,1-2H3,(H,22,25). The fraction of sp³-hybridized carbons (Fsp3) is 0.298. The van der Waals surface area contributed by atoms with E-state index in [1.807, 2.05) is 90.0 Å². The van der Waals surface area contributed by atoms with Gasteiger partial charge in [-0.2, -0.15) is 10.2 Å². The number of aromatic amines is 1. The molecule has 330 valence electrons. The Morgan fingerprint density at radius 2 is 1.80 bits per heavy atom. The van der Waals surface area contributed by atoms with Crippen LogP contribution in [0.4, 0.5) is 11.6 Å². The molecule has 2 N–H and O–H groups in total. The first-order chi connectivity index (χ1) is 31.7. The summed E-state index contributed by atoms with van der Waals surface area (Å²) in [5.74, 6) is 1.34. The summed E-state index contributed by atoms with van der Waals surface area (Å²) in [6, 6.07) is 20.0.